The first kappa shape index (κ1) is 9.78. The Bertz CT molecular complexity index is 286. The van der Waals surface area contributed by atoms with Gasteiger partial charge in [-0.25, -0.2) is 0 Å². The predicted molar refractivity (Wildman–Crippen MR) is 59.1 cm³/mol. The Labute approximate surface area is 86.3 Å². The molecule has 1 saturated carbocycles. The van der Waals surface area contributed by atoms with Crippen molar-refractivity contribution in [3.8, 4) is 0 Å². The maximum atomic E-state index is 3.57. The molecule has 1 unspecified atom stereocenters. The molecule has 2 heteroatoms. The van der Waals surface area contributed by atoms with Crippen LogP contribution in [0.4, 0.5) is 0 Å². The van der Waals surface area contributed by atoms with E-state index in [2.05, 4.69) is 42.3 Å². The van der Waals surface area contributed by atoms with Gasteiger partial charge in [0.1, 0.15) is 0 Å². The first-order chi connectivity index (χ1) is 6.74. The van der Waals surface area contributed by atoms with E-state index in [0.717, 1.165) is 12.5 Å². The SMILES string of the molecule is CC(CC1CC1)NCc1ccn(C)c1. The second-order valence-electron chi connectivity index (χ2n) is 4.65. The fraction of sp³-hybridized carbons (Fsp3) is 0.667. The Hall–Kier alpha value is -0.760. The summed E-state index contributed by atoms with van der Waals surface area (Å²) < 4.78 is 2.10. The maximum absolute atomic E-state index is 3.57. The topological polar surface area (TPSA) is 17.0 Å². The summed E-state index contributed by atoms with van der Waals surface area (Å²) in [5, 5.41) is 3.57. The van der Waals surface area contributed by atoms with Gasteiger partial charge in [0.2, 0.25) is 0 Å². The third-order valence-corrected chi connectivity index (χ3v) is 2.93. The van der Waals surface area contributed by atoms with Gasteiger partial charge in [0.05, 0.1) is 0 Å². The number of nitrogens with one attached hydrogen (secondary N) is 1. The van der Waals surface area contributed by atoms with Crippen molar-refractivity contribution < 1.29 is 0 Å². The van der Waals surface area contributed by atoms with Gasteiger partial charge in [-0.15, -0.1) is 0 Å². The van der Waals surface area contributed by atoms with E-state index >= 15 is 0 Å². The monoisotopic (exact) mass is 192 g/mol. The van der Waals surface area contributed by atoms with Gasteiger partial charge in [-0.1, -0.05) is 12.8 Å². The van der Waals surface area contributed by atoms with Gasteiger partial charge < -0.3 is 9.88 Å². The lowest BCUT2D eigenvalue weighted by Gasteiger charge is -2.12. The molecule has 0 amide bonds. The van der Waals surface area contributed by atoms with Crippen LogP contribution in [-0.2, 0) is 13.6 Å². The molecule has 1 atom stereocenters. The van der Waals surface area contributed by atoms with E-state index in [1.54, 1.807) is 0 Å². The van der Waals surface area contributed by atoms with Crippen molar-refractivity contribution in [1.29, 1.82) is 0 Å². The van der Waals surface area contributed by atoms with Gasteiger partial charge in [-0.05, 0) is 30.9 Å². The minimum atomic E-state index is 0.669. The number of aryl methyl sites for hydroxylation is 1. The number of rotatable bonds is 5. The number of hydrogen-bond donors (Lipinski definition) is 1. The molecule has 78 valence electrons. The highest BCUT2D eigenvalue weighted by Gasteiger charge is 2.23. The van der Waals surface area contributed by atoms with Crippen molar-refractivity contribution in [1.82, 2.24) is 9.88 Å². The molecule has 0 aliphatic heterocycles. The van der Waals surface area contributed by atoms with Crippen LogP contribution >= 0.6 is 0 Å². The lowest BCUT2D eigenvalue weighted by molar-refractivity contribution is 0.487. The Morgan fingerprint density at radius 2 is 2.36 bits per heavy atom. The molecule has 1 fully saturated rings. The zero-order valence-corrected chi connectivity index (χ0v) is 9.16. The molecule has 2 nitrogen and oxygen atoms in total. The summed E-state index contributed by atoms with van der Waals surface area (Å²) in [7, 11) is 2.07. The molecule has 1 aliphatic carbocycles. The zero-order valence-electron chi connectivity index (χ0n) is 9.16. The zero-order chi connectivity index (χ0) is 9.97. The summed E-state index contributed by atoms with van der Waals surface area (Å²) in [6.07, 6.45) is 8.54. The summed E-state index contributed by atoms with van der Waals surface area (Å²) in [6.45, 7) is 3.30. The molecular formula is C12H20N2. The highest BCUT2D eigenvalue weighted by Crippen LogP contribution is 2.33. The Kier molecular flexibility index (Phi) is 2.92. The first-order valence-electron chi connectivity index (χ1n) is 5.58. The summed E-state index contributed by atoms with van der Waals surface area (Å²) in [5.41, 5.74) is 1.38. The molecule has 1 heterocycles. The molecule has 0 radical (unpaired) electrons. The minimum Gasteiger partial charge on any atom is -0.357 e. The van der Waals surface area contributed by atoms with Crippen molar-refractivity contribution in [3.05, 3.63) is 24.0 Å². The highest BCUT2D eigenvalue weighted by molar-refractivity contribution is 5.09. The summed E-state index contributed by atoms with van der Waals surface area (Å²) in [5.74, 6) is 1.02. The van der Waals surface area contributed by atoms with Crippen LogP contribution in [0.5, 0.6) is 0 Å². The predicted octanol–water partition coefficient (Wildman–Crippen LogP) is 2.30. The molecule has 0 aromatic carbocycles. The van der Waals surface area contributed by atoms with Crippen molar-refractivity contribution in [3.63, 3.8) is 0 Å². The second kappa shape index (κ2) is 4.18. The van der Waals surface area contributed by atoms with Gasteiger partial charge in [0, 0.05) is 32.0 Å². The van der Waals surface area contributed by atoms with E-state index in [9.17, 15) is 0 Å². The Morgan fingerprint density at radius 1 is 1.57 bits per heavy atom. The largest absolute Gasteiger partial charge is 0.357 e. The lowest BCUT2D eigenvalue weighted by atomic mass is 10.1. The molecule has 1 N–H and O–H groups in total. The van der Waals surface area contributed by atoms with Gasteiger partial charge in [0.25, 0.3) is 0 Å². The van der Waals surface area contributed by atoms with Gasteiger partial charge >= 0.3 is 0 Å². The van der Waals surface area contributed by atoms with E-state index in [-0.39, 0.29) is 0 Å². The maximum Gasteiger partial charge on any atom is 0.0223 e. The minimum absolute atomic E-state index is 0.669. The molecule has 1 aromatic heterocycles. The highest BCUT2D eigenvalue weighted by atomic mass is 14.9. The van der Waals surface area contributed by atoms with E-state index in [0.29, 0.717) is 6.04 Å². The Morgan fingerprint density at radius 3 is 2.93 bits per heavy atom. The quantitative estimate of drug-likeness (QED) is 0.757. The molecule has 1 aromatic rings. The third kappa shape index (κ3) is 2.88. The van der Waals surface area contributed by atoms with E-state index in [4.69, 9.17) is 0 Å². The standard InChI is InChI=1S/C12H20N2/c1-10(7-11-3-4-11)13-8-12-5-6-14(2)9-12/h5-6,9-11,13H,3-4,7-8H2,1-2H3. The second-order valence-corrected chi connectivity index (χ2v) is 4.65. The van der Waals surface area contributed by atoms with E-state index in [1.807, 2.05) is 0 Å². The van der Waals surface area contributed by atoms with Crippen LogP contribution in [0.25, 0.3) is 0 Å². The molecule has 0 bridgehead atoms. The Balaban J connectivity index is 1.70. The third-order valence-electron chi connectivity index (χ3n) is 2.93. The molecular weight excluding hydrogens is 172 g/mol. The molecule has 2 rings (SSSR count). The number of hydrogen-bond acceptors (Lipinski definition) is 1. The van der Waals surface area contributed by atoms with Gasteiger partial charge in [-0.2, -0.15) is 0 Å². The fourth-order valence-electron chi connectivity index (χ4n) is 1.89. The van der Waals surface area contributed by atoms with Crippen molar-refractivity contribution in [2.75, 3.05) is 0 Å². The smallest absolute Gasteiger partial charge is 0.0223 e. The van der Waals surface area contributed by atoms with Crippen LogP contribution in [0.3, 0.4) is 0 Å². The lowest BCUT2D eigenvalue weighted by Crippen LogP contribution is -2.25. The average Bonchev–Trinajstić information content (AvgIpc) is 2.85. The molecule has 1 aliphatic rings. The fourth-order valence-corrected chi connectivity index (χ4v) is 1.89. The van der Waals surface area contributed by atoms with Crippen molar-refractivity contribution in [2.45, 2.75) is 38.8 Å². The van der Waals surface area contributed by atoms with E-state index < -0.39 is 0 Å². The van der Waals surface area contributed by atoms with Gasteiger partial charge in [-0.3, -0.25) is 0 Å². The molecule has 0 saturated heterocycles. The van der Waals surface area contributed by atoms with Crippen LogP contribution in [0.15, 0.2) is 18.5 Å². The first-order valence-corrected chi connectivity index (χ1v) is 5.58. The van der Waals surface area contributed by atoms with Crippen molar-refractivity contribution in [2.24, 2.45) is 13.0 Å². The number of aromatic nitrogens is 1. The average molecular weight is 192 g/mol. The van der Waals surface area contributed by atoms with Crippen LogP contribution in [0.1, 0.15) is 31.7 Å². The summed E-state index contributed by atoms with van der Waals surface area (Å²) in [6, 6.07) is 2.85. The number of nitrogens with zero attached hydrogens (tertiary/aromatic N) is 1. The summed E-state index contributed by atoms with van der Waals surface area (Å²) in [4.78, 5) is 0. The molecule has 14 heavy (non-hydrogen) atoms. The molecule has 0 spiro atoms. The van der Waals surface area contributed by atoms with Gasteiger partial charge in [0.15, 0.2) is 0 Å². The normalized spacial score (nSPS) is 18.4. The van der Waals surface area contributed by atoms with E-state index in [1.165, 1.54) is 24.8 Å². The van der Waals surface area contributed by atoms with Crippen molar-refractivity contribution >= 4 is 0 Å². The summed E-state index contributed by atoms with van der Waals surface area (Å²) >= 11 is 0. The van der Waals surface area contributed by atoms with Crippen LogP contribution in [-0.4, -0.2) is 10.6 Å². The van der Waals surface area contributed by atoms with Crippen LogP contribution in [0, 0.1) is 5.92 Å². The van der Waals surface area contributed by atoms with Crippen LogP contribution < -0.4 is 5.32 Å². The van der Waals surface area contributed by atoms with Crippen LogP contribution in [0.2, 0.25) is 0 Å².